The van der Waals surface area contributed by atoms with Crippen molar-refractivity contribution in [2.45, 2.75) is 30.4 Å². The Balaban J connectivity index is 1.72. The molecule has 0 aromatic carbocycles. The highest BCUT2D eigenvalue weighted by Gasteiger charge is 2.48. The van der Waals surface area contributed by atoms with Crippen molar-refractivity contribution in [2.24, 2.45) is 5.41 Å². The fourth-order valence-electron chi connectivity index (χ4n) is 3.69. The number of amides is 1. The summed E-state index contributed by atoms with van der Waals surface area (Å²) in [4.78, 5) is 25.7. The number of thioether (sulfide) groups is 1. The molecule has 2 aliphatic heterocycles. The maximum absolute atomic E-state index is 12.7. The van der Waals surface area contributed by atoms with E-state index in [1.54, 1.807) is 25.1 Å². The van der Waals surface area contributed by atoms with Crippen LogP contribution in [-0.2, 0) is 9.53 Å². The Kier molecular flexibility index (Phi) is 4.77. The zero-order valence-corrected chi connectivity index (χ0v) is 14.8. The molecule has 1 amide bonds. The lowest BCUT2D eigenvalue weighted by Crippen LogP contribution is -2.56. The van der Waals surface area contributed by atoms with E-state index in [-0.39, 0.29) is 17.4 Å². The fourth-order valence-corrected chi connectivity index (χ4v) is 4.06. The van der Waals surface area contributed by atoms with E-state index in [0.29, 0.717) is 6.54 Å². The number of hydrogen-bond donors (Lipinski definition) is 0. The summed E-state index contributed by atoms with van der Waals surface area (Å²) in [5, 5.41) is 0.975. The van der Waals surface area contributed by atoms with Crippen LogP contribution in [0.25, 0.3) is 0 Å². The Labute approximate surface area is 141 Å². The molecule has 3 heterocycles. The first-order valence-electron chi connectivity index (χ1n) is 7.98. The number of methoxy groups -OCH3 is 1. The molecule has 6 nitrogen and oxygen atoms in total. The number of anilines is 1. The van der Waals surface area contributed by atoms with E-state index in [0.717, 1.165) is 43.3 Å². The third kappa shape index (κ3) is 3.17. The van der Waals surface area contributed by atoms with Crippen molar-refractivity contribution < 1.29 is 9.53 Å². The molecule has 0 bridgehead atoms. The minimum Gasteiger partial charge on any atom is -0.380 e. The molecule has 2 aliphatic rings. The lowest BCUT2D eigenvalue weighted by atomic mass is 9.71. The van der Waals surface area contributed by atoms with Gasteiger partial charge in [-0.05, 0) is 31.6 Å². The van der Waals surface area contributed by atoms with Crippen molar-refractivity contribution in [3.05, 3.63) is 12.3 Å². The number of piperidine rings is 2. The van der Waals surface area contributed by atoms with Gasteiger partial charge in [0, 0.05) is 40.0 Å². The summed E-state index contributed by atoms with van der Waals surface area (Å²) in [6.45, 7) is 2.32. The van der Waals surface area contributed by atoms with Gasteiger partial charge >= 0.3 is 0 Å². The summed E-state index contributed by atoms with van der Waals surface area (Å²) in [5.74, 6) is 1.04. The number of carbonyl (C=O) groups excluding carboxylic acids is 1. The molecule has 1 aromatic heterocycles. The van der Waals surface area contributed by atoms with Gasteiger partial charge in [-0.25, -0.2) is 9.97 Å². The van der Waals surface area contributed by atoms with E-state index in [2.05, 4.69) is 14.9 Å². The maximum atomic E-state index is 12.7. The minimum absolute atomic E-state index is 0.139. The average Bonchev–Trinajstić information content (AvgIpc) is 2.60. The van der Waals surface area contributed by atoms with E-state index in [1.165, 1.54) is 0 Å². The summed E-state index contributed by atoms with van der Waals surface area (Å²) in [6.07, 6.45) is 6.45. The van der Waals surface area contributed by atoms with Gasteiger partial charge in [0.1, 0.15) is 5.03 Å². The van der Waals surface area contributed by atoms with Gasteiger partial charge in [0.25, 0.3) is 0 Å². The first-order chi connectivity index (χ1) is 11.1. The maximum Gasteiger partial charge on any atom is 0.228 e. The first kappa shape index (κ1) is 16.5. The summed E-state index contributed by atoms with van der Waals surface area (Å²) >= 11 is 1.62. The summed E-state index contributed by atoms with van der Waals surface area (Å²) in [5.41, 5.74) is -0.276. The molecular formula is C16H24N4O2S. The Morgan fingerprint density at radius 1 is 1.39 bits per heavy atom. The zero-order chi connectivity index (χ0) is 16.4. The van der Waals surface area contributed by atoms with Gasteiger partial charge in [-0.3, -0.25) is 4.79 Å². The predicted molar refractivity (Wildman–Crippen MR) is 90.7 cm³/mol. The highest BCUT2D eigenvalue weighted by Crippen LogP contribution is 2.41. The van der Waals surface area contributed by atoms with Crippen LogP contribution in [0.2, 0.25) is 0 Å². The van der Waals surface area contributed by atoms with Crippen LogP contribution in [0.5, 0.6) is 0 Å². The van der Waals surface area contributed by atoms with Crippen molar-refractivity contribution >= 4 is 23.6 Å². The van der Waals surface area contributed by atoms with Crippen molar-refractivity contribution in [3.63, 3.8) is 0 Å². The number of likely N-dealkylation sites (tertiary alicyclic amines) is 1. The van der Waals surface area contributed by atoms with Crippen LogP contribution >= 0.6 is 11.8 Å². The Morgan fingerprint density at radius 2 is 2.13 bits per heavy atom. The third-order valence-electron chi connectivity index (χ3n) is 5.06. The molecule has 1 atom stereocenters. The molecule has 1 unspecified atom stereocenters. The summed E-state index contributed by atoms with van der Waals surface area (Å²) < 4.78 is 5.54. The average molecular weight is 336 g/mol. The smallest absolute Gasteiger partial charge is 0.228 e. The second-order valence-electron chi connectivity index (χ2n) is 6.41. The standard InChI is InChI=1S/C16H24N4O2S/c1-19-11-12(22-2)10-16(14(19)21)5-8-20(9-6-16)15-17-7-4-13(18-15)23-3/h4,7,12H,5-6,8-11H2,1-3H3. The van der Waals surface area contributed by atoms with Gasteiger partial charge < -0.3 is 14.5 Å². The van der Waals surface area contributed by atoms with Gasteiger partial charge in [-0.2, -0.15) is 0 Å². The van der Waals surface area contributed by atoms with Crippen LogP contribution in [0.1, 0.15) is 19.3 Å². The van der Waals surface area contributed by atoms with E-state index in [9.17, 15) is 4.79 Å². The molecule has 23 heavy (non-hydrogen) atoms. The van der Waals surface area contributed by atoms with Crippen LogP contribution in [0.3, 0.4) is 0 Å². The molecule has 126 valence electrons. The number of likely N-dealkylation sites (N-methyl/N-ethyl adjacent to an activating group) is 1. The predicted octanol–water partition coefficient (Wildman–Crippen LogP) is 1.66. The van der Waals surface area contributed by atoms with Crippen LogP contribution in [-0.4, -0.2) is 66.9 Å². The summed E-state index contributed by atoms with van der Waals surface area (Å²) in [7, 11) is 3.62. The first-order valence-corrected chi connectivity index (χ1v) is 9.21. The number of nitrogens with zero attached hydrogens (tertiary/aromatic N) is 4. The quantitative estimate of drug-likeness (QED) is 0.618. The molecular weight excluding hydrogens is 312 g/mol. The number of aromatic nitrogens is 2. The van der Waals surface area contributed by atoms with E-state index in [1.807, 2.05) is 24.3 Å². The SMILES string of the molecule is COC1CN(C)C(=O)C2(CCN(c3nccc(SC)n3)CC2)C1. The second-order valence-corrected chi connectivity index (χ2v) is 7.24. The zero-order valence-electron chi connectivity index (χ0n) is 14.0. The van der Waals surface area contributed by atoms with Crippen LogP contribution in [0.4, 0.5) is 5.95 Å². The number of hydrogen-bond acceptors (Lipinski definition) is 6. The van der Waals surface area contributed by atoms with Crippen LogP contribution in [0.15, 0.2) is 17.3 Å². The third-order valence-corrected chi connectivity index (χ3v) is 5.71. The lowest BCUT2D eigenvalue weighted by Gasteiger charge is -2.47. The monoisotopic (exact) mass is 336 g/mol. The van der Waals surface area contributed by atoms with Crippen molar-refractivity contribution in [1.29, 1.82) is 0 Å². The van der Waals surface area contributed by atoms with Crippen molar-refractivity contribution in [3.8, 4) is 0 Å². The van der Waals surface area contributed by atoms with E-state index in [4.69, 9.17) is 4.74 Å². The number of carbonyl (C=O) groups is 1. The van der Waals surface area contributed by atoms with Gasteiger partial charge in [-0.1, -0.05) is 0 Å². The molecule has 1 spiro atoms. The molecule has 2 saturated heterocycles. The molecule has 2 fully saturated rings. The Bertz CT molecular complexity index is 575. The Morgan fingerprint density at radius 3 is 2.78 bits per heavy atom. The second kappa shape index (κ2) is 6.65. The lowest BCUT2D eigenvalue weighted by molar-refractivity contribution is -0.153. The molecule has 1 aromatic rings. The fraction of sp³-hybridized carbons (Fsp3) is 0.688. The number of ether oxygens (including phenoxy) is 1. The molecule has 0 saturated carbocycles. The highest BCUT2D eigenvalue weighted by atomic mass is 32.2. The van der Waals surface area contributed by atoms with Crippen LogP contribution in [0, 0.1) is 5.41 Å². The number of rotatable bonds is 3. The van der Waals surface area contributed by atoms with Gasteiger partial charge in [0.2, 0.25) is 11.9 Å². The largest absolute Gasteiger partial charge is 0.380 e. The van der Waals surface area contributed by atoms with E-state index >= 15 is 0 Å². The molecule has 0 N–H and O–H groups in total. The van der Waals surface area contributed by atoms with Crippen LogP contribution < -0.4 is 4.90 Å². The van der Waals surface area contributed by atoms with Gasteiger partial charge in [-0.15, -0.1) is 11.8 Å². The normalized spacial score (nSPS) is 24.3. The molecule has 7 heteroatoms. The van der Waals surface area contributed by atoms with Gasteiger partial charge in [0.05, 0.1) is 11.5 Å². The van der Waals surface area contributed by atoms with Crippen molar-refractivity contribution in [2.75, 3.05) is 44.9 Å². The molecule has 3 rings (SSSR count). The molecule has 0 aliphatic carbocycles. The Hall–Kier alpha value is -1.34. The molecule has 0 radical (unpaired) electrons. The highest BCUT2D eigenvalue weighted by molar-refractivity contribution is 7.98. The summed E-state index contributed by atoms with van der Waals surface area (Å²) in [6, 6.07) is 1.92. The topological polar surface area (TPSA) is 58.6 Å². The van der Waals surface area contributed by atoms with Crippen molar-refractivity contribution in [1.82, 2.24) is 14.9 Å². The van der Waals surface area contributed by atoms with Gasteiger partial charge in [0.15, 0.2) is 0 Å². The minimum atomic E-state index is -0.276. The van der Waals surface area contributed by atoms with E-state index < -0.39 is 0 Å².